The lowest BCUT2D eigenvalue weighted by Gasteiger charge is -2.41. The van der Waals surface area contributed by atoms with E-state index in [4.69, 9.17) is 0 Å². The number of urea groups is 1. The number of piperidine rings is 1. The number of hydrogen-bond donors (Lipinski definition) is 4. The monoisotopic (exact) mass is 748 g/mol. The average molecular weight is 749 g/mol. The second-order valence-electron chi connectivity index (χ2n) is 18.4. The molecular weight excluding hydrogens is 685 g/mol. The Balaban J connectivity index is 1.33. The molecule has 4 saturated carbocycles. The van der Waals surface area contributed by atoms with Crippen LogP contribution in [0.5, 0.6) is 0 Å². The van der Waals surface area contributed by atoms with Gasteiger partial charge in [0.1, 0.15) is 12.1 Å². The highest BCUT2D eigenvalue weighted by atomic mass is 32.2. The van der Waals surface area contributed by atoms with Crippen molar-refractivity contribution in [3.05, 3.63) is 0 Å². The van der Waals surface area contributed by atoms with Gasteiger partial charge in [-0.15, -0.1) is 0 Å². The number of ketones is 1. The van der Waals surface area contributed by atoms with E-state index in [2.05, 4.69) is 35.1 Å². The maximum Gasteiger partial charge on any atom is 0.315 e. The maximum atomic E-state index is 14.6. The lowest BCUT2D eigenvalue weighted by Crippen LogP contribution is -2.64. The molecule has 5 aliphatic rings. The van der Waals surface area contributed by atoms with Crippen LogP contribution in [0, 0.1) is 28.6 Å². The Morgan fingerprint density at radius 1 is 0.942 bits per heavy atom. The first-order valence-electron chi connectivity index (χ1n) is 19.7. The number of likely N-dealkylation sites (tertiary alicyclic amines) is 1. The highest BCUT2D eigenvalue weighted by Crippen LogP contribution is 2.65. The molecule has 0 aromatic heterocycles. The number of carbonyl (C=O) groups excluding carboxylic acids is 5. The van der Waals surface area contributed by atoms with Gasteiger partial charge in [0.2, 0.25) is 27.6 Å². The molecule has 0 aromatic carbocycles. The van der Waals surface area contributed by atoms with Crippen LogP contribution in [0.4, 0.5) is 4.79 Å². The number of Topliss-reactive ketones (excluding diaryl/α,β-unsaturated/α-hetero) is 1. The number of hydrogen-bond acceptors (Lipinski definition) is 7. The van der Waals surface area contributed by atoms with Crippen LogP contribution < -0.4 is 21.3 Å². The molecule has 0 radical (unpaired) electrons. The Morgan fingerprint density at radius 2 is 1.58 bits per heavy atom. The van der Waals surface area contributed by atoms with E-state index in [0.717, 1.165) is 51.4 Å². The van der Waals surface area contributed by atoms with E-state index >= 15 is 0 Å². The van der Waals surface area contributed by atoms with Gasteiger partial charge in [0.15, 0.2) is 0 Å². The van der Waals surface area contributed by atoms with Crippen molar-refractivity contribution < 1.29 is 32.4 Å². The molecule has 0 bridgehead atoms. The van der Waals surface area contributed by atoms with Crippen molar-refractivity contribution in [2.24, 2.45) is 28.6 Å². The minimum Gasteiger partial charge on any atom is -0.347 e. The first-order valence-corrected chi connectivity index (χ1v) is 21.4. The maximum absolute atomic E-state index is 14.6. The molecule has 14 heteroatoms. The van der Waals surface area contributed by atoms with Crippen molar-refractivity contribution in [1.82, 2.24) is 30.5 Å². The first kappa shape index (κ1) is 40.4. The van der Waals surface area contributed by atoms with E-state index in [1.165, 1.54) is 4.31 Å². The molecule has 5 fully saturated rings. The van der Waals surface area contributed by atoms with Gasteiger partial charge in [0.25, 0.3) is 5.91 Å². The Labute approximate surface area is 311 Å². The summed E-state index contributed by atoms with van der Waals surface area (Å²) in [6.07, 6.45) is 8.46. The van der Waals surface area contributed by atoms with Crippen LogP contribution >= 0.6 is 0 Å². The van der Waals surface area contributed by atoms with E-state index in [9.17, 15) is 32.4 Å². The molecular formula is C38H64N6O7S. The third-order valence-electron chi connectivity index (χ3n) is 12.4. The minimum absolute atomic E-state index is 0.00898. The Bertz CT molecular complexity index is 1490. The number of sulfonamides is 1. The van der Waals surface area contributed by atoms with Gasteiger partial charge < -0.3 is 26.2 Å². The first-order chi connectivity index (χ1) is 24.2. The topological polar surface area (TPSA) is 174 Å². The van der Waals surface area contributed by atoms with Gasteiger partial charge in [-0.05, 0) is 81.0 Å². The van der Waals surface area contributed by atoms with Crippen molar-refractivity contribution in [2.75, 3.05) is 18.8 Å². The Kier molecular flexibility index (Phi) is 11.8. The highest BCUT2D eigenvalue weighted by molar-refractivity contribution is 7.89. The van der Waals surface area contributed by atoms with Crippen molar-refractivity contribution in [1.29, 1.82) is 0 Å². The smallest absolute Gasteiger partial charge is 0.315 e. The second-order valence-corrected chi connectivity index (χ2v) is 20.3. The van der Waals surface area contributed by atoms with Gasteiger partial charge in [0, 0.05) is 25.2 Å². The summed E-state index contributed by atoms with van der Waals surface area (Å²) in [5.74, 6) is -1.97. The third-order valence-corrected chi connectivity index (χ3v) is 14.7. The summed E-state index contributed by atoms with van der Waals surface area (Å²) in [5.41, 5.74) is -1.94. The molecule has 4 N–H and O–H groups in total. The summed E-state index contributed by atoms with van der Waals surface area (Å²) in [7, 11) is -3.70. The quantitative estimate of drug-likeness (QED) is 0.175. The molecule has 0 unspecified atom stereocenters. The Morgan fingerprint density at radius 3 is 2.12 bits per heavy atom. The van der Waals surface area contributed by atoms with Gasteiger partial charge in [-0.1, -0.05) is 73.6 Å². The summed E-state index contributed by atoms with van der Waals surface area (Å²) in [6, 6.07) is -3.70. The summed E-state index contributed by atoms with van der Waals surface area (Å²) >= 11 is 0. The Hall–Kier alpha value is -2.74. The second kappa shape index (κ2) is 15.2. The van der Waals surface area contributed by atoms with Crippen LogP contribution in [-0.2, 0) is 29.2 Å². The molecule has 4 aliphatic carbocycles. The summed E-state index contributed by atoms with van der Waals surface area (Å²) in [4.78, 5) is 70.4. The molecule has 5 amide bonds. The van der Waals surface area contributed by atoms with E-state index in [-0.39, 0.29) is 35.1 Å². The molecule has 52 heavy (non-hydrogen) atoms. The highest BCUT2D eigenvalue weighted by Gasteiger charge is 2.70. The van der Waals surface area contributed by atoms with Gasteiger partial charge >= 0.3 is 6.03 Å². The minimum atomic E-state index is -3.70. The molecule has 0 aromatic rings. The zero-order valence-electron chi connectivity index (χ0n) is 32.7. The number of amides is 5. The molecule has 1 aliphatic heterocycles. The van der Waals surface area contributed by atoms with Crippen LogP contribution in [0.25, 0.3) is 0 Å². The summed E-state index contributed by atoms with van der Waals surface area (Å²) in [6.45, 7) is 15.8. The number of rotatable bonds is 16. The number of carbonyl (C=O) groups is 5. The third kappa shape index (κ3) is 9.13. The van der Waals surface area contributed by atoms with E-state index < -0.39 is 68.6 Å². The lowest BCUT2D eigenvalue weighted by molar-refractivity contribution is -0.145. The molecule has 1 heterocycles. The lowest BCUT2D eigenvalue weighted by atomic mass is 9.83. The van der Waals surface area contributed by atoms with Crippen LogP contribution in [0.15, 0.2) is 0 Å². The van der Waals surface area contributed by atoms with Crippen LogP contribution in [0.2, 0.25) is 0 Å². The predicted molar refractivity (Wildman–Crippen MR) is 198 cm³/mol. The fraction of sp³-hybridized carbons (Fsp3) is 0.868. The SMILES string of the molecule is CCN(C(C)C)S(=O)(=O)CC1(NC(=O)N[C@H](C(=O)N2C[C@H]3[C@@H]([C@H]2C(=O)N[C@@H](CCC2CC2)C(=O)C(=O)NC2CC2)C3(C)C)C(C)(C)C)CCCCC1. The molecule has 5 rings (SSSR count). The van der Waals surface area contributed by atoms with Crippen molar-refractivity contribution >= 4 is 39.6 Å². The standard InChI is InChI=1S/C38H64N6O7S/c1-9-44(23(2)3)52(50,51)22-38(19-11-10-12-20-38)42-35(49)41-31(36(4,5)6)34(48)43-21-26-28(37(26,7)8)29(43)32(46)40-27(18-15-24-13-14-24)30(45)33(47)39-25-16-17-25/h23-29,31H,9-22H2,1-8H3,(H,39,47)(H,40,46)(H2,41,42,49)/t26-,27-,28-,29-,31+/m0/s1. The molecule has 5 atom stereocenters. The van der Waals surface area contributed by atoms with E-state index in [1.807, 2.05) is 34.6 Å². The number of nitrogens with one attached hydrogen (secondary N) is 4. The summed E-state index contributed by atoms with van der Waals surface area (Å²) < 4.78 is 28.7. The average Bonchev–Trinajstić information content (AvgIpc) is 4.00. The summed E-state index contributed by atoms with van der Waals surface area (Å²) in [5, 5.41) is 11.6. The number of fused-ring (bicyclic) bond motifs is 1. The van der Waals surface area contributed by atoms with Crippen LogP contribution in [-0.4, -0.2) is 102 Å². The fourth-order valence-corrected chi connectivity index (χ4v) is 11.1. The predicted octanol–water partition coefficient (Wildman–Crippen LogP) is 3.47. The van der Waals surface area contributed by atoms with E-state index in [0.29, 0.717) is 38.3 Å². The normalized spacial score (nSPS) is 26.3. The molecule has 294 valence electrons. The van der Waals surface area contributed by atoms with Crippen molar-refractivity contribution in [3.63, 3.8) is 0 Å². The van der Waals surface area contributed by atoms with Gasteiger partial charge in [-0.3, -0.25) is 19.2 Å². The molecule has 0 spiro atoms. The van der Waals surface area contributed by atoms with E-state index in [1.54, 1.807) is 11.8 Å². The number of nitrogens with zero attached hydrogens (tertiary/aromatic N) is 2. The fourth-order valence-electron chi connectivity index (χ4n) is 8.86. The largest absolute Gasteiger partial charge is 0.347 e. The van der Waals surface area contributed by atoms with Crippen molar-refractivity contribution in [3.8, 4) is 0 Å². The van der Waals surface area contributed by atoms with Gasteiger partial charge in [-0.2, -0.15) is 4.31 Å². The van der Waals surface area contributed by atoms with Crippen LogP contribution in [0.3, 0.4) is 0 Å². The zero-order chi connectivity index (χ0) is 38.4. The molecule has 1 saturated heterocycles. The molecule has 13 nitrogen and oxygen atoms in total. The van der Waals surface area contributed by atoms with Crippen molar-refractivity contribution in [2.45, 2.75) is 162 Å². The van der Waals surface area contributed by atoms with Crippen LogP contribution in [0.1, 0.15) is 126 Å². The van der Waals surface area contributed by atoms with Gasteiger partial charge in [0.05, 0.1) is 17.3 Å². The van der Waals surface area contributed by atoms with Gasteiger partial charge in [-0.25, -0.2) is 13.2 Å². The zero-order valence-corrected chi connectivity index (χ0v) is 33.5.